The minimum absolute atomic E-state index is 0.00719. The van der Waals surface area contributed by atoms with Crippen molar-refractivity contribution in [2.24, 2.45) is 5.14 Å². The van der Waals surface area contributed by atoms with Gasteiger partial charge in [-0.15, -0.1) is 0 Å². The highest BCUT2D eigenvalue weighted by Gasteiger charge is 2.16. The number of benzene rings is 2. The summed E-state index contributed by atoms with van der Waals surface area (Å²) in [5.41, 5.74) is 2.18. The number of unbranched alkanes of at least 4 members (excludes halogenated alkanes) is 1. The van der Waals surface area contributed by atoms with Crippen LogP contribution < -0.4 is 5.14 Å². The van der Waals surface area contributed by atoms with Crippen molar-refractivity contribution in [1.29, 1.82) is 0 Å². The lowest BCUT2D eigenvalue weighted by atomic mass is 10.2. The van der Waals surface area contributed by atoms with Crippen molar-refractivity contribution in [3.63, 3.8) is 0 Å². The number of primary sulfonamides is 1. The van der Waals surface area contributed by atoms with Crippen molar-refractivity contribution in [2.45, 2.75) is 44.2 Å². The van der Waals surface area contributed by atoms with Gasteiger partial charge in [-0.1, -0.05) is 43.7 Å². The maximum Gasteiger partial charge on any atom is 0.310 e. The van der Waals surface area contributed by atoms with E-state index >= 15 is 0 Å². The minimum Gasteiger partial charge on any atom is -0.457 e. The topological polar surface area (TPSA) is 104 Å². The molecule has 0 aliphatic heterocycles. The van der Waals surface area contributed by atoms with Crippen molar-refractivity contribution in [1.82, 2.24) is 9.55 Å². The Kier molecular flexibility index (Phi) is 6.11. The zero-order chi connectivity index (χ0) is 20.1. The molecule has 0 saturated carbocycles. The van der Waals surface area contributed by atoms with Gasteiger partial charge in [0.05, 0.1) is 22.3 Å². The van der Waals surface area contributed by atoms with Gasteiger partial charge in [-0.05, 0) is 30.2 Å². The van der Waals surface area contributed by atoms with Crippen LogP contribution in [0.3, 0.4) is 0 Å². The number of imidazole rings is 1. The van der Waals surface area contributed by atoms with Crippen molar-refractivity contribution in [3.05, 3.63) is 59.9 Å². The van der Waals surface area contributed by atoms with Gasteiger partial charge in [0.1, 0.15) is 12.4 Å². The van der Waals surface area contributed by atoms with Crippen LogP contribution in [0.5, 0.6) is 0 Å². The lowest BCUT2D eigenvalue weighted by Crippen LogP contribution is -2.12. The summed E-state index contributed by atoms with van der Waals surface area (Å²) < 4.78 is 30.6. The average molecular weight is 401 g/mol. The van der Waals surface area contributed by atoms with Crippen LogP contribution in [0.4, 0.5) is 0 Å². The Morgan fingerprint density at radius 1 is 1.18 bits per heavy atom. The third-order valence-electron chi connectivity index (χ3n) is 4.42. The second-order valence-electron chi connectivity index (χ2n) is 6.55. The fraction of sp³-hybridized carbons (Fsp3) is 0.300. The molecule has 3 rings (SSSR count). The molecule has 0 radical (unpaired) electrons. The first kappa shape index (κ1) is 20.0. The number of rotatable bonds is 8. The number of ether oxygens (including phenoxy) is 1. The van der Waals surface area contributed by atoms with Gasteiger partial charge in [-0.2, -0.15) is 0 Å². The molecule has 0 bridgehead atoms. The molecule has 0 unspecified atom stereocenters. The number of fused-ring (bicyclic) bond motifs is 1. The van der Waals surface area contributed by atoms with Gasteiger partial charge in [-0.25, -0.2) is 18.5 Å². The standard InChI is InChI=1S/C20H23N3O4S/c1-2-3-11-23-18-10-9-16(28(21,25)26)13-17(18)22-19(23)14-27-20(24)12-15-7-5-4-6-8-15/h4-10,13H,2-3,11-12,14H2,1H3,(H2,21,25,26). The number of carbonyl (C=O) groups is 1. The number of nitrogens with zero attached hydrogens (tertiary/aromatic N) is 2. The van der Waals surface area contributed by atoms with Gasteiger partial charge in [0.15, 0.2) is 0 Å². The van der Waals surface area contributed by atoms with E-state index in [-0.39, 0.29) is 23.9 Å². The Bertz CT molecular complexity index is 1080. The normalized spacial score (nSPS) is 11.6. The first-order valence-corrected chi connectivity index (χ1v) is 10.6. The molecular weight excluding hydrogens is 378 g/mol. The zero-order valence-corrected chi connectivity index (χ0v) is 16.5. The number of carbonyl (C=O) groups excluding carboxylic acids is 1. The largest absolute Gasteiger partial charge is 0.457 e. The number of hydrogen-bond acceptors (Lipinski definition) is 5. The molecular formula is C20H23N3O4S. The first-order valence-electron chi connectivity index (χ1n) is 9.10. The molecule has 1 aromatic heterocycles. The number of esters is 1. The molecule has 2 aromatic carbocycles. The molecule has 0 atom stereocenters. The summed E-state index contributed by atoms with van der Waals surface area (Å²) in [5.74, 6) is 0.238. The van der Waals surface area contributed by atoms with Crippen LogP contribution in [-0.4, -0.2) is 23.9 Å². The number of aryl methyl sites for hydroxylation is 1. The van der Waals surface area contributed by atoms with Crippen LogP contribution in [0.15, 0.2) is 53.4 Å². The average Bonchev–Trinajstić information content (AvgIpc) is 3.01. The molecule has 7 nitrogen and oxygen atoms in total. The summed E-state index contributed by atoms with van der Waals surface area (Å²) >= 11 is 0. The Hall–Kier alpha value is -2.71. The maximum atomic E-state index is 12.2. The van der Waals surface area contributed by atoms with E-state index in [1.54, 1.807) is 6.07 Å². The predicted octanol–water partition coefficient (Wildman–Crippen LogP) is 2.77. The third kappa shape index (κ3) is 4.76. The highest BCUT2D eigenvalue weighted by atomic mass is 32.2. The van der Waals surface area contributed by atoms with Crippen LogP contribution in [0.25, 0.3) is 11.0 Å². The minimum atomic E-state index is -3.81. The summed E-state index contributed by atoms with van der Waals surface area (Å²) in [6, 6.07) is 14.0. The van der Waals surface area contributed by atoms with Crippen LogP contribution >= 0.6 is 0 Å². The summed E-state index contributed by atoms with van der Waals surface area (Å²) in [4.78, 5) is 16.6. The molecule has 3 aromatic rings. The molecule has 0 amide bonds. The number of aromatic nitrogens is 2. The lowest BCUT2D eigenvalue weighted by molar-refractivity contribution is -0.144. The molecule has 2 N–H and O–H groups in total. The van der Waals surface area contributed by atoms with E-state index in [1.165, 1.54) is 12.1 Å². The van der Waals surface area contributed by atoms with Crippen molar-refractivity contribution in [2.75, 3.05) is 0 Å². The van der Waals surface area contributed by atoms with Crippen molar-refractivity contribution >= 4 is 27.0 Å². The monoisotopic (exact) mass is 401 g/mol. The summed E-state index contributed by atoms with van der Waals surface area (Å²) in [7, 11) is -3.81. The highest BCUT2D eigenvalue weighted by Crippen LogP contribution is 2.21. The molecule has 28 heavy (non-hydrogen) atoms. The Morgan fingerprint density at radius 2 is 1.93 bits per heavy atom. The highest BCUT2D eigenvalue weighted by molar-refractivity contribution is 7.89. The number of nitrogens with two attached hydrogens (primary N) is 1. The zero-order valence-electron chi connectivity index (χ0n) is 15.7. The van der Waals surface area contributed by atoms with Crippen LogP contribution in [0.2, 0.25) is 0 Å². The maximum absolute atomic E-state index is 12.2. The third-order valence-corrected chi connectivity index (χ3v) is 5.33. The number of hydrogen-bond donors (Lipinski definition) is 1. The van der Waals surface area contributed by atoms with Gasteiger partial charge in [-0.3, -0.25) is 4.79 Å². The number of sulfonamides is 1. The SMILES string of the molecule is CCCCn1c(COC(=O)Cc2ccccc2)nc2cc(S(N)(=O)=O)ccc21. The fourth-order valence-corrected chi connectivity index (χ4v) is 3.50. The van der Waals surface area contributed by atoms with Gasteiger partial charge in [0.2, 0.25) is 10.0 Å². The van der Waals surface area contributed by atoms with E-state index in [9.17, 15) is 13.2 Å². The van der Waals surface area contributed by atoms with Crippen LogP contribution in [0, 0.1) is 0 Å². The molecule has 0 spiro atoms. The van der Waals surface area contributed by atoms with E-state index in [2.05, 4.69) is 11.9 Å². The van der Waals surface area contributed by atoms with Crippen molar-refractivity contribution in [3.8, 4) is 0 Å². The lowest BCUT2D eigenvalue weighted by Gasteiger charge is -2.09. The van der Waals surface area contributed by atoms with E-state index < -0.39 is 10.0 Å². The molecule has 0 fully saturated rings. The van der Waals surface area contributed by atoms with Gasteiger partial charge in [0, 0.05) is 6.54 Å². The smallest absolute Gasteiger partial charge is 0.310 e. The van der Waals surface area contributed by atoms with E-state index in [0.29, 0.717) is 17.9 Å². The van der Waals surface area contributed by atoms with Gasteiger partial charge >= 0.3 is 5.97 Å². The molecule has 0 aliphatic rings. The Balaban J connectivity index is 1.83. The molecule has 148 valence electrons. The molecule has 0 saturated heterocycles. The van der Waals surface area contributed by atoms with E-state index in [4.69, 9.17) is 9.88 Å². The Labute approximate surface area is 164 Å². The fourth-order valence-electron chi connectivity index (χ4n) is 2.97. The Morgan fingerprint density at radius 3 is 2.61 bits per heavy atom. The molecule has 0 aliphatic carbocycles. The van der Waals surface area contributed by atoms with E-state index in [0.717, 1.165) is 23.9 Å². The second kappa shape index (κ2) is 8.53. The quantitative estimate of drug-likeness (QED) is 0.585. The summed E-state index contributed by atoms with van der Waals surface area (Å²) in [5, 5.41) is 5.21. The summed E-state index contributed by atoms with van der Waals surface area (Å²) in [6.07, 6.45) is 2.10. The van der Waals surface area contributed by atoms with Gasteiger partial charge < -0.3 is 9.30 Å². The van der Waals surface area contributed by atoms with Crippen LogP contribution in [-0.2, 0) is 39.1 Å². The van der Waals surface area contributed by atoms with Gasteiger partial charge in [0.25, 0.3) is 0 Å². The van der Waals surface area contributed by atoms with Crippen LogP contribution in [0.1, 0.15) is 31.2 Å². The predicted molar refractivity (Wildman–Crippen MR) is 106 cm³/mol. The first-order chi connectivity index (χ1) is 13.4. The van der Waals surface area contributed by atoms with Crippen molar-refractivity contribution < 1.29 is 17.9 Å². The van der Waals surface area contributed by atoms with E-state index in [1.807, 2.05) is 34.9 Å². The molecule has 1 heterocycles. The second-order valence-corrected chi connectivity index (χ2v) is 8.11. The molecule has 8 heteroatoms. The summed E-state index contributed by atoms with van der Waals surface area (Å²) in [6.45, 7) is 2.81.